The predicted molar refractivity (Wildman–Crippen MR) is 165 cm³/mol. The van der Waals surface area contributed by atoms with Crippen LogP contribution >= 0.6 is 0 Å². The van der Waals surface area contributed by atoms with Crippen molar-refractivity contribution in [3.8, 4) is 22.6 Å². The number of benzene rings is 3. The molecule has 4 heterocycles. The number of carbonyl (C=O) groups is 1. The van der Waals surface area contributed by atoms with E-state index in [2.05, 4.69) is 10.3 Å². The number of sulfonamides is 1. The van der Waals surface area contributed by atoms with Gasteiger partial charge in [-0.25, -0.2) is 27.2 Å². The SMILES string of the molecule is CNC(=O)c1c(-c2ccc(F)cc2)oc2cc(N(C)S(C)(=O)=O)c(-c3ccc4ncn5c6cccc(F)c6cc5c4n3)cc12. The molecule has 0 radical (unpaired) electrons. The van der Waals surface area contributed by atoms with Gasteiger partial charge in [0.15, 0.2) is 0 Å². The van der Waals surface area contributed by atoms with Gasteiger partial charge in [-0.05, 0) is 60.7 Å². The number of fused-ring (bicyclic) bond motifs is 6. The van der Waals surface area contributed by atoms with Gasteiger partial charge in [0.25, 0.3) is 5.91 Å². The van der Waals surface area contributed by atoms with Crippen LogP contribution in [0.3, 0.4) is 0 Å². The van der Waals surface area contributed by atoms with Crippen LogP contribution in [0.1, 0.15) is 10.4 Å². The molecule has 3 aromatic carbocycles. The zero-order valence-corrected chi connectivity index (χ0v) is 24.4. The van der Waals surface area contributed by atoms with Crippen molar-refractivity contribution < 1.29 is 26.4 Å². The molecule has 0 aliphatic heterocycles. The van der Waals surface area contributed by atoms with Gasteiger partial charge in [0.2, 0.25) is 10.0 Å². The van der Waals surface area contributed by atoms with Crippen molar-refractivity contribution in [3.05, 3.63) is 96.3 Å². The number of halogens is 2. The fourth-order valence-electron chi connectivity index (χ4n) is 5.47. The number of furan rings is 1. The highest BCUT2D eigenvalue weighted by Gasteiger charge is 2.26. The lowest BCUT2D eigenvalue weighted by Gasteiger charge is -2.20. The molecule has 4 aromatic heterocycles. The van der Waals surface area contributed by atoms with E-state index in [-0.39, 0.29) is 28.4 Å². The zero-order chi connectivity index (χ0) is 30.9. The van der Waals surface area contributed by atoms with E-state index in [1.54, 1.807) is 47.1 Å². The number of hydrogen-bond acceptors (Lipinski definition) is 6. The second kappa shape index (κ2) is 9.85. The first-order valence-electron chi connectivity index (χ1n) is 13.4. The van der Waals surface area contributed by atoms with E-state index in [0.29, 0.717) is 49.7 Å². The Morgan fingerprint density at radius 2 is 1.75 bits per heavy atom. The van der Waals surface area contributed by atoms with Crippen LogP contribution in [0.15, 0.2) is 83.5 Å². The Bertz CT molecular complexity index is 2420. The number of pyridine rings is 1. The predicted octanol–water partition coefficient (Wildman–Crippen LogP) is 6.15. The minimum absolute atomic E-state index is 0.196. The summed E-state index contributed by atoms with van der Waals surface area (Å²) in [6.45, 7) is 0. The molecular weight excluding hydrogens is 588 g/mol. The molecule has 1 N–H and O–H groups in total. The Kier molecular flexibility index (Phi) is 6.15. The Labute approximate surface area is 249 Å². The van der Waals surface area contributed by atoms with Crippen molar-refractivity contribution in [2.45, 2.75) is 0 Å². The van der Waals surface area contributed by atoms with Crippen molar-refractivity contribution in [1.82, 2.24) is 19.7 Å². The van der Waals surface area contributed by atoms with Gasteiger partial charge in [0.05, 0.1) is 39.8 Å². The molecule has 9 nitrogen and oxygen atoms in total. The quantitative estimate of drug-likeness (QED) is 0.250. The summed E-state index contributed by atoms with van der Waals surface area (Å²) in [5.74, 6) is -1.08. The Morgan fingerprint density at radius 3 is 2.48 bits per heavy atom. The van der Waals surface area contributed by atoms with Gasteiger partial charge < -0.3 is 9.73 Å². The molecule has 0 saturated heterocycles. The summed E-state index contributed by atoms with van der Waals surface area (Å²) in [5, 5.41) is 3.44. The van der Waals surface area contributed by atoms with Crippen LogP contribution in [0.5, 0.6) is 0 Å². The smallest absolute Gasteiger partial charge is 0.255 e. The van der Waals surface area contributed by atoms with Gasteiger partial charge in [-0.15, -0.1) is 0 Å². The molecule has 1 amide bonds. The van der Waals surface area contributed by atoms with E-state index in [4.69, 9.17) is 9.40 Å². The van der Waals surface area contributed by atoms with Crippen molar-refractivity contribution >= 4 is 60.0 Å². The number of nitrogens with zero attached hydrogens (tertiary/aromatic N) is 4. The lowest BCUT2D eigenvalue weighted by molar-refractivity contribution is 0.0964. The third-order valence-electron chi connectivity index (χ3n) is 7.74. The minimum atomic E-state index is -3.75. The zero-order valence-electron chi connectivity index (χ0n) is 23.6. The summed E-state index contributed by atoms with van der Waals surface area (Å²) in [7, 11) is -0.859. The first-order valence-corrected chi connectivity index (χ1v) is 15.3. The van der Waals surface area contributed by atoms with Gasteiger partial charge in [-0.1, -0.05) is 6.07 Å². The number of hydrogen-bond donors (Lipinski definition) is 1. The van der Waals surface area contributed by atoms with Crippen LogP contribution in [0.25, 0.3) is 61.0 Å². The van der Waals surface area contributed by atoms with E-state index < -0.39 is 21.7 Å². The first kappa shape index (κ1) is 27.5. The highest BCUT2D eigenvalue weighted by Crippen LogP contribution is 2.41. The van der Waals surface area contributed by atoms with Crippen molar-refractivity contribution in [3.63, 3.8) is 0 Å². The summed E-state index contributed by atoms with van der Waals surface area (Å²) in [5.41, 5.74) is 4.21. The minimum Gasteiger partial charge on any atom is -0.455 e. The van der Waals surface area contributed by atoms with E-state index in [1.807, 2.05) is 0 Å². The summed E-state index contributed by atoms with van der Waals surface area (Å²) < 4.78 is 62.9. The van der Waals surface area contributed by atoms with Crippen molar-refractivity contribution in [2.24, 2.45) is 0 Å². The molecule has 0 aliphatic rings. The van der Waals surface area contributed by atoms with Crippen LogP contribution in [-0.4, -0.2) is 49.0 Å². The molecule has 0 aliphatic carbocycles. The summed E-state index contributed by atoms with van der Waals surface area (Å²) in [4.78, 5) is 22.6. The number of nitrogens with one attached hydrogen (secondary N) is 1. The fraction of sp³-hybridized carbons (Fsp3) is 0.0938. The molecule has 0 spiro atoms. The van der Waals surface area contributed by atoms with Crippen molar-refractivity contribution in [1.29, 1.82) is 0 Å². The Morgan fingerprint density at radius 1 is 0.977 bits per heavy atom. The van der Waals surface area contributed by atoms with E-state index in [1.165, 1.54) is 50.5 Å². The molecule has 0 fully saturated rings. The lowest BCUT2D eigenvalue weighted by Crippen LogP contribution is -2.25. The molecular formula is C32H23F2N5O4S. The molecule has 0 saturated carbocycles. The highest BCUT2D eigenvalue weighted by atomic mass is 32.2. The molecule has 44 heavy (non-hydrogen) atoms. The maximum Gasteiger partial charge on any atom is 0.255 e. The lowest BCUT2D eigenvalue weighted by atomic mass is 10.0. The summed E-state index contributed by atoms with van der Waals surface area (Å²) >= 11 is 0. The van der Waals surface area contributed by atoms with Crippen molar-refractivity contribution in [2.75, 3.05) is 24.7 Å². The maximum absolute atomic E-state index is 14.7. The van der Waals surface area contributed by atoms with Crippen LogP contribution in [0, 0.1) is 11.6 Å². The van der Waals surface area contributed by atoms with Crippen LogP contribution in [-0.2, 0) is 10.0 Å². The average Bonchev–Trinajstić information content (AvgIpc) is 3.59. The standard InChI is InChI=1S/C32H23F2N5O4S/c1-35-32(40)29-21-13-20(26(38(2)44(3,41)42)15-28(21)43-31(29)17-7-9-18(33)10-8-17)23-11-12-24-30(37-23)27-14-19-22(34)5-4-6-25(19)39(27)16-36-24/h4-16H,1-3H3,(H,35,40). The first-order chi connectivity index (χ1) is 21.0. The van der Waals surface area contributed by atoms with Crippen LogP contribution in [0.2, 0.25) is 0 Å². The van der Waals surface area contributed by atoms with E-state index in [9.17, 15) is 22.0 Å². The number of aromatic nitrogens is 3. The molecule has 7 aromatic rings. The molecule has 12 heteroatoms. The second-order valence-electron chi connectivity index (χ2n) is 10.4. The largest absolute Gasteiger partial charge is 0.455 e. The fourth-order valence-corrected chi connectivity index (χ4v) is 5.98. The second-order valence-corrected chi connectivity index (χ2v) is 12.4. The highest BCUT2D eigenvalue weighted by molar-refractivity contribution is 7.92. The maximum atomic E-state index is 14.7. The van der Waals surface area contributed by atoms with Crippen LogP contribution < -0.4 is 9.62 Å². The monoisotopic (exact) mass is 611 g/mol. The number of rotatable bonds is 5. The average molecular weight is 612 g/mol. The van der Waals surface area contributed by atoms with Gasteiger partial charge in [-0.3, -0.25) is 13.5 Å². The molecule has 0 unspecified atom stereocenters. The van der Waals surface area contributed by atoms with E-state index >= 15 is 0 Å². The van der Waals surface area contributed by atoms with Gasteiger partial charge in [0, 0.05) is 42.1 Å². The molecule has 0 atom stereocenters. The molecule has 220 valence electrons. The molecule has 0 bridgehead atoms. The van der Waals surface area contributed by atoms with E-state index in [0.717, 1.165) is 10.6 Å². The molecule has 7 rings (SSSR count). The summed E-state index contributed by atoms with van der Waals surface area (Å²) in [6, 6.07) is 18.7. The number of amides is 1. The van der Waals surface area contributed by atoms with Gasteiger partial charge in [-0.2, -0.15) is 0 Å². The van der Waals surface area contributed by atoms with Gasteiger partial charge in [0.1, 0.15) is 34.8 Å². The Hall–Kier alpha value is -5.36. The Balaban J connectivity index is 1.54. The van der Waals surface area contributed by atoms with Crippen LogP contribution in [0.4, 0.5) is 14.5 Å². The topological polar surface area (TPSA) is 110 Å². The third kappa shape index (κ3) is 4.25. The number of anilines is 1. The van der Waals surface area contributed by atoms with Gasteiger partial charge >= 0.3 is 0 Å². The normalized spacial score (nSPS) is 12.0. The summed E-state index contributed by atoms with van der Waals surface area (Å²) in [6.07, 6.45) is 2.68. The number of carbonyl (C=O) groups excluding carboxylic acids is 1. The third-order valence-corrected chi connectivity index (χ3v) is 8.93.